The van der Waals surface area contributed by atoms with E-state index in [1.165, 1.54) is 0 Å². The molecule has 2 aliphatic rings. The molecule has 3 aromatic rings. The fourth-order valence-electron chi connectivity index (χ4n) is 4.83. The second kappa shape index (κ2) is 10.7. The zero-order valence-corrected chi connectivity index (χ0v) is 20.0. The molecule has 5 rings (SSSR count). The second-order valence-electron chi connectivity index (χ2n) is 9.17. The van der Waals surface area contributed by atoms with E-state index in [2.05, 4.69) is 34.9 Å². The number of nitrogens with zero attached hydrogens (tertiary/aromatic N) is 1. The Bertz CT molecular complexity index is 1210. The summed E-state index contributed by atoms with van der Waals surface area (Å²) in [5, 5.41) is 8.40. The van der Waals surface area contributed by atoms with Crippen LogP contribution in [0.3, 0.4) is 0 Å². The minimum Gasteiger partial charge on any atom is -0.348 e. The molecule has 0 spiro atoms. The molecule has 0 radical (unpaired) electrons. The summed E-state index contributed by atoms with van der Waals surface area (Å²) < 4.78 is 27.2. The Morgan fingerprint density at radius 3 is 2.43 bits per heavy atom. The van der Waals surface area contributed by atoms with Crippen molar-refractivity contribution in [1.82, 2.24) is 15.5 Å². The molecule has 1 saturated heterocycles. The summed E-state index contributed by atoms with van der Waals surface area (Å²) in [6.07, 6.45) is 2.50. The summed E-state index contributed by atoms with van der Waals surface area (Å²) in [5.41, 5.74) is 1.01. The van der Waals surface area contributed by atoms with Gasteiger partial charge in [0.1, 0.15) is 11.6 Å². The van der Waals surface area contributed by atoms with Gasteiger partial charge in [-0.15, -0.1) is 12.4 Å². The van der Waals surface area contributed by atoms with E-state index in [4.69, 9.17) is 0 Å². The summed E-state index contributed by atoms with van der Waals surface area (Å²) in [5.74, 6) is -2.64. The number of piperidine rings is 1. The van der Waals surface area contributed by atoms with Gasteiger partial charge in [-0.3, -0.25) is 9.59 Å². The van der Waals surface area contributed by atoms with Crippen LogP contribution in [-0.2, 0) is 11.3 Å². The monoisotopic (exact) mass is 499 g/mol. The topological polar surface area (TPSA) is 61.4 Å². The highest BCUT2D eigenvalue weighted by Crippen LogP contribution is 2.32. The van der Waals surface area contributed by atoms with E-state index < -0.39 is 29.5 Å². The molecular weight excluding hydrogens is 472 g/mol. The summed E-state index contributed by atoms with van der Waals surface area (Å²) >= 11 is 0. The lowest BCUT2D eigenvalue weighted by atomic mass is 9.91. The standard InChI is InChI=1S/C27H27F2N3O2.ClH/c28-20-12-19(13-21(29)14-20)26(33)31-25-10-11-30-15-24(25)27(34)32(22-8-9-22)16-18-6-3-5-17-4-1-2-7-23(17)18;/h1-7,12-14,22,24-25,30H,8-11,15-16H2,(H,31,33);1H. The van der Waals surface area contributed by atoms with Crippen molar-refractivity contribution >= 4 is 35.0 Å². The average Bonchev–Trinajstić information content (AvgIpc) is 3.67. The lowest BCUT2D eigenvalue weighted by Crippen LogP contribution is -2.55. The number of carbonyl (C=O) groups excluding carboxylic acids is 2. The number of carbonyl (C=O) groups is 2. The van der Waals surface area contributed by atoms with Crippen molar-refractivity contribution in [3.05, 3.63) is 83.4 Å². The molecule has 2 fully saturated rings. The molecule has 8 heteroatoms. The van der Waals surface area contributed by atoms with E-state index in [1.807, 2.05) is 23.1 Å². The first-order valence-electron chi connectivity index (χ1n) is 11.7. The van der Waals surface area contributed by atoms with Crippen molar-refractivity contribution in [2.24, 2.45) is 5.92 Å². The molecule has 2 N–H and O–H groups in total. The molecule has 3 aromatic carbocycles. The second-order valence-corrected chi connectivity index (χ2v) is 9.17. The molecule has 0 aromatic heterocycles. The number of rotatable bonds is 6. The summed E-state index contributed by atoms with van der Waals surface area (Å²) in [7, 11) is 0. The summed E-state index contributed by atoms with van der Waals surface area (Å²) in [4.78, 5) is 28.5. The Kier molecular flexibility index (Phi) is 7.67. The number of hydrogen-bond donors (Lipinski definition) is 2. The number of hydrogen-bond acceptors (Lipinski definition) is 3. The Hall–Kier alpha value is -3.03. The van der Waals surface area contributed by atoms with Crippen LogP contribution < -0.4 is 10.6 Å². The molecule has 1 heterocycles. The molecule has 5 nitrogen and oxygen atoms in total. The minimum atomic E-state index is -0.807. The van der Waals surface area contributed by atoms with E-state index in [-0.39, 0.29) is 29.9 Å². The van der Waals surface area contributed by atoms with E-state index >= 15 is 0 Å². The first-order chi connectivity index (χ1) is 16.5. The van der Waals surface area contributed by atoms with Gasteiger partial charge in [-0.1, -0.05) is 42.5 Å². The number of amides is 2. The van der Waals surface area contributed by atoms with E-state index in [1.54, 1.807) is 0 Å². The summed E-state index contributed by atoms with van der Waals surface area (Å²) in [6, 6.07) is 16.8. The first-order valence-corrected chi connectivity index (χ1v) is 11.7. The predicted molar refractivity (Wildman–Crippen MR) is 133 cm³/mol. The van der Waals surface area contributed by atoms with Gasteiger partial charge in [0, 0.05) is 36.8 Å². The van der Waals surface area contributed by atoms with Crippen LogP contribution in [0.2, 0.25) is 0 Å². The van der Waals surface area contributed by atoms with Crippen LogP contribution in [0.15, 0.2) is 60.7 Å². The Balaban J connectivity index is 0.00000289. The highest BCUT2D eigenvalue weighted by Gasteiger charge is 2.40. The zero-order valence-electron chi connectivity index (χ0n) is 19.2. The quantitative estimate of drug-likeness (QED) is 0.527. The van der Waals surface area contributed by atoms with E-state index in [9.17, 15) is 18.4 Å². The van der Waals surface area contributed by atoms with Crippen molar-refractivity contribution in [1.29, 1.82) is 0 Å². The Labute approximate surface area is 209 Å². The summed E-state index contributed by atoms with van der Waals surface area (Å²) in [6.45, 7) is 1.61. The lowest BCUT2D eigenvalue weighted by molar-refractivity contribution is -0.138. The van der Waals surface area contributed by atoms with Crippen molar-refractivity contribution in [2.75, 3.05) is 13.1 Å². The van der Waals surface area contributed by atoms with Crippen molar-refractivity contribution in [2.45, 2.75) is 37.9 Å². The third-order valence-electron chi connectivity index (χ3n) is 6.73. The molecule has 2 atom stereocenters. The zero-order chi connectivity index (χ0) is 23.7. The van der Waals surface area contributed by atoms with Crippen LogP contribution in [0.25, 0.3) is 10.8 Å². The van der Waals surface area contributed by atoms with Gasteiger partial charge in [0.25, 0.3) is 5.91 Å². The van der Waals surface area contributed by atoms with Crippen molar-refractivity contribution < 1.29 is 18.4 Å². The molecule has 184 valence electrons. The van der Waals surface area contributed by atoms with E-state index in [0.717, 1.165) is 47.4 Å². The molecule has 2 unspecified atom stereocenters. The van der Waals surface area contributed by atoms with Crippen LogP contribution in [0.4, 0.5) is 8.78 Å². The number of halogens is 3. The maximum atomic E-state index is 13.8. The van der Waals surface area contributed by atoms with Crippen LogP contribution in [-0.4, -0.2) is 41.9 Å². The molecule has 1 saturated carbocycles. The Morgan fingerprint density at radius 2 is 1.69 bits per heavy atom. The predicted octanol–water partition coefficient (Wildman–Crippen LogP) is 4.44. The van der Waals surface area contributed by atoms with Gasteiger partial charge in [0.05, 0.1) is 5.92 Å². The third-order valence-corrected chi connectivity index (χ3v) is 6.73. The highest BCUT2D eigenvalue weighted by atomic mass is 35.5. The smallest absolute Gasteiger partial charge is 0.251 e. The fourth-order valence-corrected chi connectivity index (χ4v) is 4.83. The minimum absolute atomic E-state index is 0. The van der Waals surface area contributed by atoms with Crippen LogP contribution in [0, 0.1) is 17.6 Å². The van der Waals surface area contributed by atoms with Crippen LogP contribution in [0.1, 0.15) is 35.2 Å². The molecule has 2 amide bonds. The van der Waals surface area contributed by atoms with Gasteiger partial charge in [-0.2, -0.15) is 0 Å². The van der Waals surface area contributed by atoms with Gasteiger partial charge in [0.2, 0.25) is 5.91 Å². The average molecular weight is 500 g/mol. The maximum absolute atomic E-state index is 13.8. The van der Waals surface area contributed by atoms with Gasteiger partial charge in [0.15, 0.2) is 0 Å². The molecular formula is C27H28ClF2N3O2. The molecule has 0 bridgehead atoms. The number of fused-ring (bicyclic) bond motifs is 1. The molecule has 35 heavy (non-hydrogen) atoms. The normalized spacial score (nSPS) is 19.6. The van der Waals surface area contributed by atoms with Crippen molar-refractivity contribution in [3.63, 3.8) is 0 Å². The molecule has 1 aliphatic heterocycles. The maximum Gasteiger partial charge on any atom is 0.251 e. The SMILES string of the molecule is Cl.O=C(NC1CCNCC1C(=O)N(Cc1cccc2ccccc12)C1CC1)c1cc(F)cc(F)c1. The van der Waals surface area contributed by atoms with Crippen LogP contribution >= 0.6 is 12.4 Å². The largest absolute Gasteiger partial charge is 0.348 e. The highest BCUT2D eigenvalue weighted by molar-refractivity contribution is 5.95. The number of nitrogens with one attached hydrogen (secondary N) is 2. The Morgan fingerprint density at radius 1 is 0.971 bits per heavy atom. The number of benzene rings is 3. The van der Waals surface area contributed by atoms with Crippen LogP contribution in [0.5, 0.6) is 0 Å². The van der Waals surface area contributed by atoms with Crippen molar-refractivity contribution in [3.8, 4) is 0 Å². The van der Waals surface area contributed by atoms with Gasteiger partial charge >= 0.3 is 0 Å². The lowest BCUT2D eigenvalue weighted by Gasteiger charge is -2.36. The van der Waals surface area contributed by atoms with E-state index in [0.29, 0.717) is 26.1 Å². The fraction of sp³-hybridized carbons (Fsp3) is 0.333. The van der Waals surface area contributed by atoms with Gasteiger partial charge < -0.3 is 15.5 Å². The van der Waals surface area contributed by atoms with Gasteiger partial charge in [-0.05, 0) is 54.3 Å². The third kappa shape index (κ3) is 5.63. The van der Waals surface area contributed by atoms with Gasteiger partial charge in [-0.25, -0.2) is 8.78 Å². The first kappa shape index (κ1) is 25.1. The molecule has 1 aliphatic carbocycles.